The number of benzene rings is 1. The number of ether oxygens (including phenoxy) is 1. The van der Waals surface area contributed by atoms with E-state index in [1.807, 2.05) is 0 Å². The molecule has 1 aromatic rings. The molecule has 0 heterocycles. The largest absolute Gasteiger partial charge is 0.442 e. The van der Waals surface area contributed by atoms with E-state index >= 15 is 0 Å². The van der Waals surface area contributed by atoms with E-state index in [4.69, 9.17) is 27.9 Å². The van der Waals surface area contributed by atoms with Crippen molar-refractivity contribution in [3.63, 3.8) is 0 Å². The van der Waals surface area contributed by atoms with Gasteiger partial charge in [-0.2, -0.15) is 0 Å². The van der Waals surface area contributed by atoms with Gasteiger partial charge in [-0.3, -0.25) is 4.79 Å². The predicted octanol–water partition coefficient (Wildman–Crippen LogP) is 3.14. The number of hydrogen-bond donors (Lipinski definition) is 0. The van der Waals surface area contributed by atoms with Crippen molar-refractivity contribution in [3.05, 3.63) is 34.9 Å². The maximum atomic E-state index is 10.6. The molecule has 0 saturated heterocycles. The zero-order valence-corrected chi connectivity index (χ0v) is 8.47. The van der Waals surface area contributed by atoms with Crippen LogP contribution in [0.4, 0.5) is 0 Å². The molecule has 13 heavy (non-hydrogen) atoms. The van der Waals surface area contributed by atoms with Crippen LogP contribution < -0.4 is 0 Å². The third kappa shape index (κ3) is 3.25. The minimum Gasteiger partial charge on any atom is -0.442 e. The van der Waals surface area contributed by atoms with Gasteiger partial charge >= 0.3 is 5.97 Å². The highest BCUT2D eigenvalue weighted by Crippen LogP contribution is 2.23. The van der Waals surface area contributed by atoms with Crippen LogP contribution in [0.2, 0.25) is 5.02 Å². The van der Waals surface area contributed by atoms with Gasteiger partial charge in [-0.05, 0) is 12.1 Å². The number of carbonyl (C=O) groups is 1. The summed E-state index contributed by atoms with van der Waals surface area (Å²) in [7, 11) is 0. The van der Waals surface area contributed by atoms with Crippen LogP contribution in [0, 0.1) is 0 Å². The summed E-state index contributed by atoms with van der Waals surface area (Å²) in [5, 5.41) is 0.621. The Morgan fingerprint density at radius 1 is 1.38 bits per heavy atom. The van der Waals surface area contributed by atoms with Gasteiger partial charge in [-0.1, -0.05) is 35.3 Å². The molecule has 0 aromatic heterocycles. The standard InChI is InChI=1S/C9H8Cl2O2/c1-6(12)13-9(11)7-2-4-8(10)5-3-7/h2-5,9H,1H3. The molecule has 0 N–H and O–H groups in total. The van der Waals surface area contributed by atoms with E-state index in [0.29, 0.717) is 10.6 Å². The lowest BCUT2D eigenvalue weighted by Crippen LogP contribution is -2.02. The molecule has 0 aliphatic rings. The highest BCUT2D eigenvalue weighted by Gasteiger charge is 2.09. The van der Waals surface area contributed by atoms with Crippen LogP contribution in [0.3, 0.4) is 0 Å². The van der Waals surface area contributed by atoms with Crippen molar-refractivity contribution < 1.29 is 9.53 Å². The van der Waals surface area contributed by atoms with Crippen molar-refractivity contribution in [2.45, 2.75) is 12.5 Å². The fourth-order valence-electron chi connectivity index (χ4n) is 0.828. The van der Waals surface area contributed by atoms with Crippen molar-refractivity contribution in [1.82, 2.24) is 0 Å². The molecular weight excluding hydrogens is 211 g/mol. The van der Waals surface area contributed by atoms with Crippen molar-refractivity contribution in [2.75, 3.05) is 0 Å². The Bertz CT molecular complexity index is 295. The lowest BCUT2D eigenvalue weighted by atomic mass is 10.2. The van der Waals surface area contributed by atoms with Gasteiger partial charge in [-0.25, -0.2) is 0 Å². The van der Waals surface area contributed by atoms with E-state index < -0.39 is 11.5 Å². The van der Waals surface area contributed by atoms with E-state index in [9.17, 15) is 4.79 Å². The predicted molar refractivity (Wildman–Crippen MR) is 51.8 cm³/mol. The van der Waals surface area contributed by atoms with Gasteiger partial charge in [0.1, 0.15) is 0 Å². The SMILES string of the molecule is CC(=O)OC(Cl)c1ccc(Cl)cc1. The molecule has 0 fully saturated rings. The molecule has 0 saturated carbocycles. The number of alkyl halides is 1. The second kappa shape index (κ2) is 4.49. The summed E-state index contributed by atoms with van der Waals surface area (Å²) >= 11 is 11.4. The molecule has 0 spiro atoms. The average molecular weight is 219 g/mol. The summed E-state index contributed by atoms with van der Waals surface area (Å²) in [6, 6.07) is 6.80. The van der Waals surface area contributed by atoms with E-state index in [1.54, 1.807) is 24.3 Å². The van der Waals surface area contributed by atoms with Crippen molar-refractivity contribution in [2.24, 2.45) is 0 Å². The van der Waals surface area contributed by atoms with Crippen LogP contribution in [0.25, 0.3) is 0 Å². The van der Waals surface area contributed by atoms with E-state index in [0.717, 1.165) is 0 Å². The fraction of sp³-hybridized carbons (Fsp3) is 0.222. The van der Waals surface area contributed by atoms with Crippen LogP contribution >= 0.6 is 23.2 Å². The van der Waals surface area contributed by atoms with Gasteiger partial charge < -0.3 is 4.74 Å². The number of rotatable bonds is 2. The Labute approximate surface area is 86.4 Å². The third-order valence-corrected chi connectivity index (χ3v) is 1.99. The molecular formula is C9H8Cl2O2. The number of hydrogen-bond acceptors (Lipinski definition) is 2. The Morgan fingerprint density at radius 2 is 1.92 bits per heavy atom. The summed E-state index contributed by atoms with van der Waals surface area (Å²) < 4.78 is 4.76. The van der Waals surface area contributed by atoms with Crippen LogP contribution in [0.1, 0.15) is 18.1 Å². The number of carbonyl (C=O) groups excluding carboxylic acids is 1. The molecule has 70 valence electrons. The van der Waals surface area contributed by atoms with E-state index in [1.165, 1.54) is 6.92 Å². The Balaban J connectivity index is 2.71. The molecule has 0 radical (unpaired) electrons. The van der Waals surface area contributed by atoms with Crippen LogP contribution in [-0.4, -0.2) is 5.97 Å². The molecule has 0 amide bonds. The first-order chi connectivity index (χ1) is 6.09. The Kier molecular flexibility index (Phi) is 3.58. The summed E-state index contributed by atoms with van der Waals surface area (Å²) in [6.45, 7) is 1.31. The summed E-state index contributed by atoms with van der Waals surface area (Å²) in [6.07, 6.45) is 0. The minimum atomic E-state index is -0.741. The topological polar surface area (TPSA) is 26.3 Å². The summed E-state index contributed by atoms with van der Waals surface area (Å²) in [4.78, 5) is 10.6. The summed E-state index contributed by atoms with van der Waals surface area (Å²) in [5.74, 6) is -0.407. The molecule has 2 nitrogen and oxygen atoms in total. The maximum Gasteiger partial charge on any atom is 0.304 e. The zero-order chi connectivity index (χ0) is 9.84. The number of halogens is 2. The number of esters is 1. The Hall–Kier alpha value is -0.730. The molecule has 1 aromatic carbocycles. The maximum absolute atomic E-state index is 10.6. The molecule has 1 unspecified atom stereocenters. The van der Waals surface area contributed by atoms with Crippen LogP contribution in [-0.2, 0) is 9.53 Å². The molecule has 4 heteroatoms. The fourth-order valence-corrected chi connectivity index (χ4v) is 1.22. The van der Waals surface area contributed by atoms with Gasteiger partial charge in [0.15, 0.2) is 0 Å². The highest BCUT2D eigenvalue weighted by molar-refractivity contribution is 6.30. The van der Waals surface area contributed by atoms with Gasteiger partial charge in [0.05, 0.1) is 0 Å². The van der Waals surface area contributed by atoms with Crippen molar-refractivity contribution in [3.8, 4) is 0 Å². The molecule has 0 bridgehead atoms. The van der Waals surface area contributed by atoms with E-state index in [-0.39, 0.29) is 0 Å². The van der Waals surface area contributed by atoms with Gasteiger partial charge in [-0.15, -0.1) is 0 Å². The molecule has 1 rings (SSSR count). The first kappa shape index (κ1) is 10.4. The monoisotopic (exact) mass is 218 g/mol. The molecule has 1 atom stereocenters. The van der Waals surface area contributed by atoms with Gasteiger partial charge in [0, 0.05) is 17.5 Å². The van der Waals surface area contributed by atoms with Gasteiger partial charge in [0.25, 0.3) is 0 Å². The van der Waals surface area contributed by atoms with Crippen LogP contribution in [0.15, 0.2) is 24.3 Å². The minimum absolute atomic E-state index is 0.407. The average Bonchev–Trinajstić information content (AvgIpc) is 2.04. The normalized spacial score (nSPS) is 12.2. The first-order valence-corrected chi connectivity index (χ1v) is 4.48. The smallest absolute Gasteiger partial charge is 0.304 e. The van der Waals surface area contributed by atoms with Gasteiger partial charge in [0.2, 0.25) is 5.56 Å². The third-order valence-electron chi connectivity index (χ3n) is 1.40. The summed E-state index contributed by atoms with van der Waals surface area (Å²) in [5.41, 5.74) is -0.0315. The lowest BCUT2D eigenvalue weighted by Gasteiger charge is -2.09. The first-order valence-electron chi connectivity index (χ1n) is 3.66. The van der Waals surface area contributed by atoms with E-state index in [2.05, 4.69) is 0 Å². The highest BCUT2D eigenvalue weighted by atomic mass is 35.5. The lowest BCUT2D eigenvalue weighted by molar-refractivity contribution is -0.142. The van der Waals surface area contributed by atoms with Crippen LogP contribution in [0.5, 0.6) is 0 Å². The second-order valence-electron chi connectivity index (χ2n) is 2.48. The van der Waals surface area contributed by atoms with Crippen molar-refractivity contribution >= 4 is 29.2 Å². The molecule has 0 aliphatic carbocycles. The zero-order valence-electron chi connectivity index (χ0n) is 6.96. The van der Waals surface area contributed by atoms with Crippen molar-refractivity contribution in [1.29, 1.82) is 0 Å². The quantitative estimate of drug-likeness (QED) is 0.564. The second-order valence-corrected chi connectivity index (χ2v) is 3.31. The Morgan fingerprint density at radius 3 is 2.38 bits per heavy atom. The molecule has 0 aliphatic heterocycles.